The van der Waals surface area contributed by atoms with Gasteiger partial charge in [-0.2, -0.15) is 30.0 Å². The Morgan fingerprint density at radius 1 is 1.23 bits per heavy atom. The summed E-state index contributed by atoms with van der Waals surface area (Å²) in [4.78, 5) is 6.88. The molecule has 2 atom stereocenters. The van der Waals surface area contributed by atoms with Crippen molar-refractivity contribution >= 4 is 17.4 Å². The molecule has 0 spiro atoms. The van der Waals surface area contributed by atoms with Crippen LogP contribution in [0.1, 0.15) is 62.2 Å². The lowest BCUT2D eigenvalue weighted by molar-refractivity contribution is -0.142. The summed E-state index contributed by atoms with van der Waals surface area (Å²) < 4.78 is 41.7. The first kappa shape index (κ1) is 18.1. The van der Waals surface area contributed by atoms with E-state index in [1.54, 1.807) is 6.07 Å². The molecule has 0 radical (unpaired) electrons. The Morgan fingerprint density at radius 3 is 2.69 bits per heavy atom. The summed E-state index contributed by atoms with van der Waals surface area (Å²) in [5.41, 5.74) is 0.731. The molecule has 142 valence electrons. The molecule has 2 aromatic heterocycles. The quantitative estimate of drug-likeness (QED) is 0.779. The molecule has 2 aliphatic heterocycles. The number of hydrogen-bond donors (Lipinski definition) is 0. The summed E-state index contributed by atoms with van der Waals surface area (Å²) >= 11 is 1.95. The zero-order valence-corrected chi connectivity index (χ0v) is 15.8. The predicted octanol–water partition coefficient (Wildman–Crippen LogP) is 4.51. The van der Waals surface area contributed by atoms with Crippen molar-refractivity contribution in [3.63, 3.8) is 0 Å². The summed E-state index contributed by atoms with van der Waals surface area (Å²) in [6.07, 6.45) is -1.29. The van der Waals surface area contributed by atoms with E-state index in [2.05, 4.69) is 15.0 Å². The van der Waals surface area contributed by atoms with Crippen LogP contribution in [-0.4, -0.2) is 43.6 Å². The average Bonchev–Trinajstić information content (AvgIpc) is 3.30. The molecule has 2 fully saturated rings. The van der Waals surface area contributed by atoms with Gasteiger partial charge in [0.15, 0.2) is 5.65 Å². The molecule has 4 heterocycles. The third-order valence-corrected chi connectivity index (χ3v) is 6.50. The number of halogens is 3. The average molecular weight is 384 g/mol. The number of thioether (sulfide) groups is 1. The molecule has 2 aliphatic rings. The first-order valence-corrected chi connectivity index (χ1v) is 10.3. The van der Waals surface area contributed by atoms with Crippen molar-refractivity contribution in [3.8, 4) is 0 Å². The van der Waals surface area contributed by atoms with E-state index in [4.69, 9.17) is 0 Å². The van der Waals surface area contributed by atoms with E-state index in [1.807, 2.05) is 25.6 Å². The van der Waals surface area contributed by atoms with Crippen LogP contribution in [0, 0.1) is 0 Å². The largest absolute Gasteiger partial charge is 0.433 e. The van der Waals surface area contributed by atoms with Gasteiger partial charge in [-0.1, -0.05) is 13.8 Å². The second-order valence-corrected chi connectivity index (χ2v) is 8.62. The molecule has 8 heteroatoms. The van der Waals surface area contributed by atoms with Gasteiger partial charge in [-0.15, -0.1) is 0 Å². The zero-order chi connectivity index (χ0) is 18.5. The predicted molar refractivity (Wildman–Crippen MR) is 96.5 cm³/mol. The van der Waals surface area contributed by atoms with Crippen molar-refractivity contribution in [2.75, 3.05) is 18.1 Å². The number of fused-ring (bicyclic) bond motifs is 1. The van der Waals surface area contributed by atoms with Gasteiger partial charge in [-0.25, -0.2) is 9.50 Å². The van der Waals surface area contributed by atoms with Gasteiger partial charge in [0, 0.05) is 23.6 Å². The molecule has 0 saturated carbocycles. The summed E-state index contributed by atoms with van der Waals surface area (Å²) in [6, 6.07) is 3.50. The van der Waals surface area contributed by atoms with E-state index < -0.39 is 11.9 Å². The van der Waals surface area contributed by atoms with Crippen molar-refractivity contribution in [3.05, 3.63) is 29.2 Å². The Morgan fingerprint density at radius 2 is 2.04 bits per heavy atom. The number of alkyl halides is 3. The van der Waals surface area contributed by atoms with E-state index in [9.17, 15) is 13.2 Å². The molecule has 2 saturated heterocycles. The molecule has 2 unspecified atom stereocenters. The van der Waals surface area contributed by atoms with Crippen LogP contribution in [0.5, 0.6) is 0 Å². The SMILES string of the molecule is CC(C)c1cc(C(F)(F)F)n2nc(C3CCCN3C3CCSC3)cc2n1. The van der Waals surface area contributed by atoms with Gasteiger partial charge in [-0.3, -0.25) is 4.90 Å². The van der Waals surface area contributed by atoms with Crippen LogP contribution < -0.4 is 0 Å². The minimum absolute atomic E-state index is 0.0713. The molecule has 0 aromatic carbocycles. The van der Waals surface area contributed by atoms with Gasteiger partial charge in [0.25, 0.3) is 0 Å². The second kappa shape index (κ2) is 6.71. The first-order chi connectivity index (χ1) is 12.3. The molecule has 26 heavy (non-hydrogen) atoms. The van der Waals surface area contributed by atoms with Crippen LogP contribution in [0.4, 0.5) is 13.2 Å². The molecular formula is C18H23F3N4S. The molecule has 0 amide bonds. The topological polar surface area (TPSA) is 33.4 Å². The number of hydrogen-bond acceptors (Lipinski definition) is 4. The van der Waals surface area contributed by atoms with Gasteiger partial charge in [0.1, 0.15) is 5.69 Å². The molecule has 0 bridgehead atoms. The number of likely N-dealkylation sites (tertiary alicyclic amines) is 1. The van der Waals surface area contributed by atoms with Crippen molar-refractivity contribution in [1.29, 1.82) is 0 Å². The second-order valence-electron chi connectivity index (χ2n) is 7.47. The Bertz CT molecular complexity index is 796. The normalized spacial score (nSPS) is 25.0. The van der Waals surface area contributed by atoms with Crippen LogP contribution in [0.15, 0.2) is 12.1 Å². The van der Waals surface area contributed by atoms with Crippen LogP contribution in [0.2, 0.25) is 0 Å². The first-order valence-electron chi connectivity index (χ1n) is 9.16. The van der Waals surface area contributed by atoms with E-state index in [0.29, 0.717) is 17.4 Å². The van der Waals surface area contributed by atoms with E-state index in [0.717, 1.165) is 53.6 Å². The summed E-state index contributed by atoms with van der Waals surface area (Å²) in [6.45, 7) is 4.71. The van der Waals surface area contributed by atoms with E-state index in [1.165, 1.54) is 0 Å². The van der Waals surface area contributed by atoms with Gasteiger partial charge >= 0.3 is 6.18 Å². The van der Waals surface area contributed by atoms with Crippen molar-refractivity contribution in [1.82, 2.24) is 19.5 Å². The van der Waals surface area contributed by atoms with Gasteiger partial charge < -0.3 is 0 Å². The van der Waals surface area contributed by atoms with Crippen LogP contribution >= 0.6 is 11.8 Å². The third kappa shape index (κ3) is 3.22. The molecule has 4 rings (SSSR count). The molecule has 2 aromatic rings. The summed E-state index contributed by atoms with van der Waals surface area (Å²) in [5, 5.41) is 4.37. The summed E-state index contributed by atoms with van der Waals surface area (Å²) in [7, 11) is 0. The molecular weight excluding hydrogens is 361 g/mol. The number of aromatic nitrogens is 3. The highest BCUT2D eigenvalue weighted by atomic mass is 32.2. The Balaban J connectivity index is 1.77. The minimum atomic E-state index is -4.45. The highest BCUT2D eigenvalue weighted by Crippen LogP contribution is 2.38. The summed E-state index contributed by atoms with van der Waals surface area (Å²) in [5.74, 6) is 2.20. The highest BCUT2D eigenvalue weighted by Gasteiger charge is 2.38. The van der Waals surface area contributed by atoms with Gasteiger partial charge in [0.05, 0.1) is 11.7 Å². The number of nitrogens with zero attached hydrogens (tertiary/aromatic N) is 4. The number of rotatable bonds is 3. The van der Waals surface area contributed by atoms with Crippen molar-refractivity contribution < 1.29 is 13.2 Å². The van der Waals surface area contributed by atoms with Gasteiger partial charge in [0.2, 0.25) is 0 Å². The van der Waals surface area contributed by atoms with Crippen molar-refractivity contribution in [2.24, 2.45) is 0 Å². The third-order valence-electron chi connectivity index (χ3n) is 5.36. The van der Waals surface area contributed by atoms with Crippen LogP contribution in [0.3, 0.4) is 0 Å². The fraction of sp³-hybridized carbons (Fsp3) is 0.667. The Labute approximate surface area is 155 Å². The minimum Gasteiger partial charge on any atom is -0.291 e. The van der Waals surface area contributed by atoms with Crippen LogP contribution in [0.25, 0.3) is 5.65 Å². The highest BCUT2D eigenvalue weighted by molar-refractivity contribution is 7.99. The lowest BCUT2D eigenvalue weighted by Crippen LogP contribution is -2.34. The fourth-order valence-corrected chi connectivity index (χ4v) is 5.24. The van der Waals surface area contributed by atoms with E-state index >= 15 is 0 Å². The Kier molecular flexibility index (Phi) is 4.67. The smallest absolute Gasteiger partial charge is 0.291 e. The van der Waals surface area contributed by atoms with Crippen LogP contribution in [-0.2, 0) is 6.18 Å². The zero-order valence-electron chi connectivity index (χ0n) is 15.0. The molecule has 0 aliphatic carbocycles. The maximum absolute atomic E-state index is 13.6. The maximum atomic E-state index is 13.6. The molecule has 0 N–H and O–H groups in total. The Hall–Kier alpha value is -1.28. The standard InChI is InChI=1S/C18H23F3N4S/c1-11(2)13-8-16(18(19,20)21)25-17(22-13)9-14(23-25)15-4-3-6-24(15)12-5-7-26-10-12/h8-9,11-12,15H,3-7,10H2,1-2H3. The molecule has 4 nitrogen and oxygen atoms in total. The lowest BCUT2D eigenvalue weighted by atomic mass is 10.1. The van der Waals surface area contributed by atoms with Crippen molar-refractivity contribution in [2.45, 2.75) is 57.3 Å². The monoisotopic (exact) mass is 384 g/mol. The van der Waals surface area contributed by atoms with Gasteiger partial charge in [-0.05, 0) is 43.5 Å². The fourth-order valence-electron chi connectivity index (χ4n) is 4.00. The van der Waals surface area contributed by atoms with E-state index in [-0.39, 0.29) is 12.0 Å². The maximum Gasteiger partial charge on any atom is 0.433 e. The lowest BCUT2D eigenvalue weighted by Gasteiger charge is -2.28.